The van der Waals surface area contributed by atoms with Crippen molar-refractivity contribution in [1.82, 2.24) is 10.2 Å². The van der Waals surface area contributed by atoms with Crippen molar-refractivity contribution in [2.75, 3.05) is 26.2 Å². The van der Waals surface area contributed by atoms with Crippen molar-refractivity contribution in [3.63, 3.8) is 0 Å². The topological polar surface area (TPSA) is 58.4 Å². The second-order valence-electron chi connectivity index (χ2n) is 4.60. The first kappa shape index (κ1) is 16.4. The van der Waals surface area contributed by atoms with E-state index in [4.69, 9.17) is 5.73 Å². The molecule has 0 heterocycles. The summed E-state index contributed by atoms with van der Waals surface area (Å²) < 4.78 is 0. The summed E-state index contributed by atoms with van der Waals surface area (Å²) in [4.78, 5) is 13.8. The zero-order valence-corrected chi connectivity index (χ0v) is 11.7. The second kappa shape index (κ2) is 10.5. The first-order chi connectivity index (χ1) is 8.10. The molecule has 1 atom stereocenters. The lowest BCUT2D eigenvalue weighted by molar-refractivity contribution is -0.121. The molecule has 0 aliphatic heterocycles. The maximum atomic E-state index is 11.4. The molecule has 17 heavy (non-hydrogen) atoms. The van der Waals surface area contributed by atoms with E-state index in [1.807, 2.05) is 6.92 Å². The van der Waals surface area contributed by atoms with E-state index < -0.39 is 0 Å². The highest BCUT2D eigenvalue weighted by Gasteiger charge is 2.03. The molecular formula is C13H29N3O. The summed E-state index contributed by atoms with van der Waals surface area (Å²) in [5.74, 6) is 0.130. The fraction of sp³-hybridized carbons (Fsp3) is 0.923. The zero-order valence-electron chi connectivity index (χ0n) is 11.7. The van der Waals surface area contributed by atoms with Crippen LogP contribution in [0.4, 0.5) is 0 Å². The largest absolute Gasteiger partial charge is 0.356 e. The molecule has 1 amide bonds. The number of carbonyl (C=O) groups excluding carboxylic acids is 1. The van der Waals surface area contributed by atoms with Crippen LogP contribution in [0.3, 0.4) is 0 Å². The Morgan fingerprint density at radius 2 is 1.94 bits per heavy atom. The second-order valence-corrected chi connectivity index (χ2v) is 4.60. The van der Waals surface area contributed by atoms with Crippen LogP contribution < -0.4 is 11.1 Å². The molecule has 0 aromatic heterocycles. The van der Waals surface area contributed by atoms with Gasteiger partial charge in [0.1, 0.15) is 0 Å². The van der Waals surface area contributed by atoms with E-state index in [9.17, 15) is 4.79 Å². The van der Waals surface area contributed by atoms with Crippen LogP contribution in [0.2, 0.25) is 0 Å². The maximum absolute atomic E-state index is 11.4. The number of hydrogen-bond donors (Lipinski definition) is 2. The molecule has 0 fully saturated rings. The standard InChI is InChI=1S/C13H29N3O/c1-4-16(5-2)11-7-6-10-15-13(17)9-8-12(3)14/h12H,4-11,14H2,1-3H3,(H,15,17). The Labute approximate surface area is 106 Å². The fourth-order valence-electron chi connectivity index (χ4n) is 1.68. The normalized spacial score (nSPS) is 12.8. The lowest BCUT2D eigenvalue weighted by Gasteiger charge is -2.17. The van der Waals surface area contributed by atoms with E-state index in [0.717, 1.165) is 45.4 Å². The maximum Gasteiger partial charge on any atom is 0.220 e. The average molecular weight is 243 g/mol. The number of carbonyl (C=O) groups is 1. The molecule has 3 N–H and O–H groups in total. The van der Waals surface area contributed by atoms with Crippen LogP contribution in [-0.4, -0.2) is 43.0 Å². The minimum Gasteiger partial charge on any atom is -0.356 e. The smallest absolute Gasteiger partial charge is 0.220 e. The highest BCUT2D eigenvalue weighted by Crippen LogP contribution is 1.96. The zero-order chi connectivity index (χ0) is 13.1. The average Bonchev–Trinajstić information content (AvgIpc) is 2.31. The fourth-order valence-corrected chi connectivity index (χ4v) is 1.68. The first-order valence-electron chi connectivity index (χ1n) is 6.84. The summed E-state index contributed by atoms with van der Waals surface area (Å²) in [6.07, 6.45) is 3.52. The van der Waals surface area contributed by atoms with Gasteiger partial charge in [0.2, 0.25) is 5.91 Å². The minimum absolute atomic E-state index is 0.114. The molecule has 0 rings (SSSR count). The van der Waals surface area contributed by atoms with Crippen molar-refractivity contribution in [1.29, 1.82) is 0 Å². The van der Waals surface area contributed by atoms with Crippen LogP contribution in [0, 0.1) is 0 Å². The Balaban J connectivity index is 3.35. The van der Waals surface area contributed by atoms with E-state index >= 15 is 0 Å². The van der Waals surface area contributed by atoms with Gasteiger partial charge in [-0.05, 0) is 45.8 Å². The molecule has 102 valence electrons. The molecule has 0 aliphatic rings. The molecule has 0 spiro atoms. The van der Waals surface area contributed by atoms with Crippen molar-refractivity contribution >= 4 is 5.91 Å². The number of nitrogens with zero attached hydrogens (tertiary/aromatic N) is 1. The molecule has 4 heteroatoms. The highest BCUT2D eigenvalue weighted by atomic mass is 16.1. The summed E-state index contributed by atoms with van der Waals surface area (Å²) in [5, 5.41) is 2.93. The van der Waals surface area contributed by atoms with Gasteiger partial charge in [0.25, 0.3) is 0 Å². The van der Waals surface area contributed by atoms with Crippen LogP contribution in [0.15, 0.2) is 0 Å². The van der Waals surface area contributed by atoms with Gasteiger partial charge in [-0.2, -0.15) is 0 Å². The van der Waals surface area contributed by atoms with Crippen LogP contribution in [0.1, 0.15) is 46.5 Å². The first-order valence-corrected chi connectivity index (χ1v) is 6.84. The van der Waals surface area contributed by atoms with Crippen molar-refractivity contribution in [3.8, 4) is 0 Å². The predicted molar refractivity (Wildman–Crippen MR) is 72.9 cm³/mol. The van der Waals surface area contributed by atoms with Gasteiger partial charge in [-0.3, -0.25) is 4.79 Å². The summed E-state index contributed by atoms with van der Waals surface area (Å²) in [5.41, 5.74) is 5.60. The van der Waals surface area contributed by atoms with Crippen LogP contribution in [0.5, 0.6) is 0 Å². The van der Waals surface area contributed by atoms with Gasteiger partial charge in [0.15, 0.2) is 0 Å². The van der Waals surface area contributed by atoms with Crippen molar-refractivity contribution in [2.45, 2.75) is 52.5 Å². The Bertz CT molecular complexity index is 191. The van der Waals surface area contributed by atoms with E-state index in [0.29, 0.717) is 6.42 Å². The summed E-state index contributed by atoms with van der Waals surface area (Å²) in [7, 11) is 0. The Morgan fingerprint density at radius 1 is 1.29 bits per heavy atom. The van der Waals surface area contributed by atoms with E-state index in [2.05, 4.69) is 24.1 Å². The van der Waals surface area contributed by atoms with Gasteiger partial charge in [-0.15, -0.1) is 0 Å². The number of unbranched alkanes of at least 4 members (excludes halogenated alkanes) is 1. The monoisotopic (exact) mass is 243 g/mol. The summed E-state index contributed by atoms with van der Waals surface area (Å²) >= 11 is 0. The predicted octanol–water partition coefficient (Wildman–Crippen LogP) is 1.35. The number of amides is 1. The van der Waals surface area contributed by atoms with Crippen LogP contribution >= 0.6 is 0 Å². The van der Waals surface area contributed by atoms with Gasteiger partial charge in [-0.25, -0.2) is 0 Å². The minimum atomic E-state index is 0.114. The summed E-state index contributed by atoms with van der Waals surface area (Å²) in [6, 6.07) is 0.114. The lowest BCUT2D eigenvalue weighted by atomic mass is 10.2. The van der Waals surface area contributed by atoms with Crippen molar-refractivity contribution in [3.05, 3.63) is 0 Å². The molecule has 0 radical (unpaired) electrons. The molecule has 0 saturated carbocycles. The van der Waals surface area contributed by atoms with E-state index in [1.165, 1.54) is 0 Å². The van der Waals surface area contributed by atoms with E-state index in [1.54, 1.807) is 0 Å². The number of nitrogens with one attached hydrogen (secondary N) is 1. The number of rotatable bonds is 10. The molecule has 4 nitrogen and oxygen atoms in total. The van der Waals surface area contributed by atoms with Gasteiger partial charge >= 0.3 is 0 Å². The molecular weight excluding hydrogens is 214 g/mol. The Kier molecular flexibility index (Phi) is 10.2. The van der Waals surface area contributed by atoms with Gasteiger partial charge in [-0.1, -0.05) is 13.8 Å². The molecule has 0 bridgehead atoms. The van der Waals surface area contributed by atoms with Crippen molar-refractivity contribution < 1.29 is 4.79 Å². The molecule has 0 aromatic carbocycles. The molecule has 1 unspecified atom stereocenters. The molecule has 0 aromatic rings. The van der Waals surface area contributed by atoms with Crippen LogP contribution in [0.25, 0.3) is 0 Å². The quantitative estimate of drug-likeness (QED) is 0.569. The molecule has 0 aliphatic carbocycles. The van der Waals surface area contributed by atoms with Gasteiger partial charge < -0.3 is 16.0 Å². The lowest BCUT2D eigenvalue weighted by Crippen LogP contribution is -2.28. The third-order valence-electron chi connectivity index (χ3n) is 2.94. The number of nitrogens with two attached hydrogens (primary N) is 1. The van der Waals surface area contributed by atoms with Gasteiger partial charge in [0.05, 0.1) is 0 Å². The Hall–Kier alpha value is -0.610. The Morgan fingerprint density at radius 3 is 2.47 bits per heavy atom. The number of hydrogen-bond acceptors (Lipinski definition) is 3. The van der Waals surface area contributed by atoms with Gasteiger partial charge in [0, 0.05) is 19.0 Å². The van der Waals surface area contributed by atoms with Crippen molar-refractivity contribution in [2.24, 2.45) is 5.73 Å². The SMILES string of the molecule is CCN(CC)CCCCNC(=O)CCC(C)N. The van der Waals surface area contributed by atoms with Crippen LogP contribution in [-0.2, 0) is 4.79 Å². The third kappa shape index (κ3) is 10.3. The molecule has 0 saturated heterocycles. The summed E-state index contributed by atoms with van der Waals surface area (Å²) in [6.45, 7) is 10.4. The third-order valence-corrected chi connectivity index (χ3v) is 2.94. The van der Waals surface area contributed by atoms with E-state index in [-0.39, 0.29) is 11.9 Å². The highest BCUT2D eigenvalue weighted by molar-refractivity contribution is 5.75.